The zero-order valence-electron chi connectivity index (χ0n) is 11.6. The third-order valence-electron chi connectivity index (χ3n) is 3.70. The smallest absolute Gasteiger partial charge is 0.00220 e. The van der Waals surface area contributed by atoms with E-state index in [9.17, 15) is 0 Å². The molecule has 0 radical (unpaired) electrons. The van der Waals surface area contributed by atoms with Crippen LogP contribution in [0.5, 0.6) is 0 Å². The summed E-state index contributed by atoms with van der Waals surface area (Å²) in [7, 11) is 0. The molecule has 1 saturated heterocycles. The fraction of sp³-hybridized carbons (Fsp3) is 1.00. The van der Waals surface area contributed by atoms with Gasteiger partial charge in [-0.15, -0.1) is 0 Å². The molecule has 1 heterocycles. The summed E-state index contributed by atoms with van der Waals surface area (Å²) in [6, 6.07) is 0. The third kappa shape index (κ3) is 4.84. The molecule has 16 heavy (non-hydrogen) atoms. The maximum absolute atomic E-state index is 5.90. The Morgan fingerprint density at radius 1 is 1.38 bits per heavy atom. The molecule has 96 valence electrons. The highest BCUT2D eigenvalue weighted by atomic mass is 15.1. The molecule has 0 aromatic carbocycles. The van der Waals surface area contributed by atoms with E-state index >= 15 is 0 Å². The van der Waals surface area contributed by atoms with Crippen molar-refractivity contribution in [1.82, 2.24) is 4.90 Å². The molecule has 0 amide bonds. The van der Waals surface area contributed by atoms with Crippen molar-refractivity contribution in [3.63, 3.8) is 0 Å². The van der Waals surface area contributed by atoms with E-state index in [0.29, 0.717) is 11.3 Å². The summed E-state index contributed by atoms with van der Waals surface area (Å²) < 4.78 is 0. The van der Waals surface area contributed by atoms with Gasteiger partial charge >= 0.3 is 0 Å². The highest BCUT2D eigenvalue weighted by Gasteiger charge is 2.25. The van der Waals surface area contributed by atoms with Crippen LogP contribution in [0, 0.1) is 17.3 Å². The van der Waals surface area contributed by atoms with Crippen LogP contribution in [0.4, 0.5) is 0 Å². The minimum Gasteiger partial charge on any atom is -0.330 e. The van der Waals surface area contributed by atoms with Crippen molar-refractivity contribution < 1.29 is 0 Å². The second-order valence-electron chi connectivity index (χ2n) is 6.69. The van der Waals surface area contributed by atoms with Crippen molar-refractivity contribution in [1.29, 1.82) is 0 Å². The van der Waals surface area contributed by atoms with E-state index in [1.54, 1.807) is 0 Å². The van der Waals surface area contributed by atoms with Gasteiger partial charge < -0.3 is 10.6 Å². The molecule has 0 aliphatic carbocycles. The molecule has 2 atom stereocenters. The topological polar surface area (TPSA) is 29.3 Å². The molecular weight excluding hydrogens is 196 g/mol. The zero-order valence-corrected chi connectivity index (χ0v) is 11.6. The van der Waals surface area contributed by atoms with Gasteiger partial charge in [0.15, 0.2) is 0 Å². The monoisotopic (exact) mass is 226 g/mol. The van der Waals surface area contributed by atoms with Crippen LogP contribution in [0.15, 0.2) is 0 Å². The first kappa shape index (κ1) is 14.0. The lowest BCUT2D eigenvalue weighted by Gasteiger charge is -2.28. The zero-order chi connectivity index (χ0) is 12.2. The quantitative estimate of drug-likeness (QED) is 0.781. The lowest BCUT2D eigenvalue weighted by molar-refractivity contribution is 0.216. The van der Waals surface area contributed by atoms with Gasteiger partial charge in [-0.1, -0.05) is 34.1 Å². The first-order valence-electron chi connectivity index (χ1n) is 6.87. The van der Waals surface area contributed by atoms with Crippen LogP contribution in [0.25, 0.3) is 0 Å². The van der Waals surface area contributed by atoms with E-state index < -0.39 is 0 Å². The molecular formula is C14H30N2. The van der Waals surface area contributed by atoms with E-state index in [4.69, 9.17) is 5.73 Å². The molecule has 2 heteroatoms. The summed E-state index contributed by atoms with van der Waals surface area (Å²) in [4.78, 5) is 2.62. The lowest BCUT2D eigenvalue weighted by Crippen LogP contribution is -2.33. The molecule has 2 N–H and O–H groups in total. The average Bonchev–Trinajstić information content (AvgIpc) is 2.62. The van der Waals surface area contributed by atoms with Gasteiger partial charge in [0.25, 0.3) is 0 Å². The summed E-state index contributed by atoms with van der Waals surface area (Å²) in [5, 5.41) is 0. The van der Waals surface area contributed by atoms with Crippen LogP contribution in [-0.2, 0) is 0 Å². The molecule has 1 fully saturated rings. The summed E-state index contributed by atoms with van der Waals surface area (Å²) in [5.41, 5.74) is 6.31. The standard InChI is InChI=1S/C14H30N2/c1-5-12-6-7-16(10-12)11-13(9-15)8-14(2,3)4/h12-13H,5-11,15H2,1-4H3. The van der Waals surface area contributed by atoms with Gasteiger partial charge in [0.1, 0.15) is 0 Å². The van der Waals surface area contributed by atoms with Crippen molar-refractivity contribution in [2.75, 3.05) is 26.2 Å². The van der Waals surface area contributed by atoms with Crippen LogP contribution < -0.4 is 5.73 Å². The Kier molecular flexibility index (Phi) is 5.26. The fourth-order valence-electron chi connectivity index (χ4n) is 2.87. The third-order valence-corrected chi connectivity index (χ3v) is 3.70. The van der Waals surface area contributed by atoms with Gasteiger partial charge in [0.2, 0.25) is 0 Å². The highest BCUT2D eigenvalue weighted by molar-refractivity contribution is 4.79. The predicted molar refractivity (Wildman–Crippen MR) is 71.5 cm³/mol. The van der Waals surface area contributed by atoms with Crippen molar-refractivity contribution >= 4 is 0 Å². The number of rotatable bonds is 5. The van der Waals surface area contributed by atoms with Gasteiger partial charge in [0.05, 0.1) is 0 Å². The summed E-state index contributed by atoms with van der Waals surface area (Å²) >= 11 is 0. The van der Waals surface area contributed by atoms with Crippen LogP contribution in [0.3, 0.4) is 0 Å². The van der Waals surface area contributed by atoms with Crippen LogP contribution in [0.2, 0.25) is 0 Å². The molecule has 0 spiro atoms. The maximum Gasteiger partial charge on any atom is 0.00220 e. The summed E-state index contributed by atoms with van der Waals surface area (Å²) in [5.74, 6) is 1.61. The first-order valence-corrected chi connectivity index (χ1v) is 6.87. The Morgan fingerprint density at radius 2 is 2.06 bits per heavy atom. The number of hydrogen-bond donors (Lipinski definition) is 1. The molecule has 1 aliphatic heterocycles. The number of hydrogen-bond acceptors (Lipinski definition) is 2. The van der Waals surface area contributed by atoms with Gasteiger partial charge in [-0.2, -0.15) is 0 Å². The maximum atomic E-state index is 5.90. The van der Waals surface area contributed by atoms with Crippen LogP contribution in [0.1, 0.15) is 47.0 Å². The van der Waals surface area contributed by atoms with Crippen molar-refractivity contribution in [2.45, 2.75) is 47.0 Å². The molecule has 1 rings (SSSR count). The minimum atomic E-state index is 0.411. The Morgan fingerprint density at radius 3 is 2.50 bits per heavy atom. The van der Waals surface area contributed by atoms with Crippen molar-refractivity contribution in [3.05, 3.63) is 0 Å². The number of nitrogens with two attached hydrogens (primary N) is 1. The summed E-state index contributed by atoms with van der Waals surface area (Å²) in [6.45, 7) is 13.9. The Hall–Kier alpha value is -0.0800. The van der Waals surface area contributed by atoms with E-state index in [1.165, 1.54) is 38.9 Å². The summed E-state index contributed by atoms with van der Waals surface area (Å²) in [6.07, 6.45) is 3.98. The van der Waals surface area contributed by atoms with Crippen LogP contribution in [-0.4, -0.2) is 31.1 Å². The predicted octanol–water partition coefficient (Wildman–Crippen LogP) is 2.73. The molecule has 2 unspecified atom stereocenters. The van der Waals surface area contributed by atoms with Gasteiger partial charge in [0, 0.05) is 13.1 Å². The van der Waals surface area contributed by atoms with Gasteiger partial charge in [-0.3, -0.25) is 0 Å². The SMILES string of the molecule is CCC1CCN(CC(CN)CC(C)(C)C)C1. The molecule has 0 aromatic heterocycles. The largest absolute Gasteiger partial charge is 0.330 e. The van der Waals surface area contributed by atoms with Crippen LogP contribution >= 0.6 is 0 Å². The Balaban J connectivity index is 2.34. The van der Waals surface area contributed by atoms with E-state index in [1.807, 2.05) is 0 Å². The number of likely N-dealkylation sites (tertiary alicyclic amines) is 1. The highest BCUT2D eigenvalue weighted by Crippen LogP contribution is 2.26. The minimum absolute atomic E-state index is 0.411. The van der Waals surface area contributed by atoms with E-state index in [-0.39, 0.29) is 0 Å². The van der Waals surface area contributed by atoms with Gasteiger partial charge in [-0.25, -0.2) is 0 Å². The average molecular weight is 226 g/mol. The lowest BCUT2D eigenvalue weighted by atomic mass is 9.84. The van der Waals surface area contributed by atoms with Crippen molar-refractivity contribution in [3.8, 4) is 0 Å². The molecule has 0 bridgehead atoms. The van der Waals surface area contributed by atoms with Crippen molar-refractivity contribution in [2.24, 2.45) is 23.0 Å². The molecule has 1 aliphatic rings. The Labute approximate surface area is 102 Å². The second-order valence-corrected chi connectivity index (χ2v) is 6.69. The Bertz CT molecular complexity index is 195. The molecule has 0 saturated carbocycles. The number of nitrogens with zero attached hydrogens (tertiary/aromatic N) is 1. The second kappa shape index (κ2) is 6.02. The van der Waals surface area contributed by atoms with E-state index in [2.05, 4.69) is 32.6 Å². The van der Waals surface area contributed by atoms with Gasteiger partial charge in [-0.05, 0) is 43.2 Å². The normalized spacial score (nSPS) is 24.9. The fourth-order valence-corrected chi connectivity index (χ4v) is 2.87. The molecule has 0 aromatic rings. The van der Waals surface area contributed by atoms with E-state index in [0.717, 1.165) is 12.5 Å². The first-order chi connectivity index (χ1) is 7.44. The molecule has 2 nitrogen and oxygen atoms in total.